The summed E-state index contributed by atoms with van der Waals surface area (Å²) in [7, 11) is 1.50. The van der Waals surface area contributed by atoms with Crippen molar-refractivity contribution >= 4 is 11.8 Å². The van der Waals surface area contributed by atoms with Gasteiger partial charge in [-0.25, -0.2) is 4.79 Å². The van der Waals surface area contributed by atoms with Crippen LogP contribution in [0.15, 0.2) is 24.3 Å². The number of nitrogens with one attached hydrogen (secondary N) is 1. The van der Waals surface area contributed by atoms with E-state index in [-0.39, 0.29) is 6.61 Å². The average Bonchev–Trinajstić information content (AvgIpc) is 2.50. The lowest BCUT2D eigenvalue weighted by atomic mass is 10.3. The summed E-state index contributed by atoms with van der Waals surface area (Å²) in [5.74, 6) is 0.656. The molecular weight excluding hydrogens is 276 g/mol. The zero-order chi connectivity index (χ0) is 15.3. The smallest absolute Gasteiger partial charge is 0.406 e. The van der Waals surface area contributed by atoms with Crippen LogP contribution in [0.2, 0.25) is 0 Å². The lowest BCUT2D eigenvalue weighted by molar-refractivity contribution is 0.0211. The van der Waals surface area contributed by atoms with Crippen LogP contribution in [0.1, 0.15) is 0 Å². The minimum Gasteiger partial charge on any atom is -0.489 e. The van der Waals surface area contributed by atoms with Gasteiger partial charge in [-0.1, -0.05) is 12.1 Å². The summed E-state index contributed by atoms with van der Waals surface area (Å²) < 4.78 is 20.8. The summed E-state index contributed by atoms with van der Waals surface area (Å²) in [5.41, 5.74) is 6.34. The number of rotatable bonds is 10. The van der Waals surface area contributed by atoms with Crippen LogP contribution >= 0.6 is 0 Å². The number of alkyl carbamates (subject to hydrolysis) is 1. The van der Waals surface area contributed by atoms with E-state index in [0.717, 1.165) is 0 Å². The van der Waals surface area contributed by atoms with E-state index >= 15 is 0 Å². The number of carbonyl (C=O) groups excluding carboxylic acids is 1. The van der Waals surface area contributed by atoms with Gasteiger partial charge >= 0.3 is 6.09 Å². The fourth-order valence-electron chi connectivity index (χ4n) is 1.41. The van der Waals surface area contributed by atoms with Crippen molar-refractivity contribution in [2.75, 3.05) is 52.4 Å². The summed E-state index contributed by atoms with van der Waals surface area (Å²) in [5, 5.41) is 2.34. The lowest BCUT2D eigenvalue weighted by Crippen LogP contribution is -2.21. The largest absolute Gasteiger partial charge is 0.489 e. The monoisotopic (exact) mass is 298 g/mol. The van der Waals surface area contributed by atoms with Gasteiger partial charge in [0.2, 0.25) is 0 Å². The maximum absolute atomic E-state index is 10.7. The lowest BCUT2D eigenvalue weighted by Gasteiger charge is -2.09. The van der Waals surface area contributed by atoms with Gasteiger partial charge < -0.3 is 30.0 Å². The number of nitrogen functional groups attached to an aromatic ring is 1. The summed E-state index contributed by atoms with van der Waals surface area (Å²) in [6.45, 7) is 2.32. The van der Waals surface area contributed by atoms with Crippen LogP contribution in [-0.2, 0) is 14.2 Å². The van der Waals surface area contributed by atoms with Crippen LogP contribution in [0.5, 0.6) is 5.75 Å². The molecule has 0 atom stereocenters. The second-order valence-corrected chi connectivity index (χ2v) is 4.00. The molecule has 3 N–H and O–H groups in total. The molecule has 0 saturated carbocycles. The van der Waals surface area contributed by atoms with Gasteiger partial charge in [0, 0.05) is 7.05 Å². The molecule has 0 saturated heterocycles. The van der Waals surface area contributed by atoms with Gasteiger partial charge in [-0.2, -0.15) is 0 Å². The minimum atomic E-state index is -0.466. The minimum absolute atomic E-state index is 0.218. The van der Waals surface area contributed by atoms with E-state index < -0.39 is 6.09 Å². The van der Waals surface area contributed by atoms with Crippen LogP contribution in [0.3, 0.4) is 0 Å². The third-order valence-corrected chi connectivity index (χ3v) is 2.44. The fraction of sp³-hybridized carbons (Fsp3) is 0.500. The second kappa shape index (κ2) is 10.8. The predicted octanol–water partition coefficient (Wildman–Crippen LogP) is 1.04. The number of carbonyl (C=O) groups is 1. The van der Waals surface area contributed by atoms with Crippen LogP contribution in [0, 0.1) is 0 Å². The first-order valence-electron chi connectivity index (χ1n) is 6.71. The Balaban J connectivity index is 1.89. The van der Waals surface area contributed by atoms with Crippen LogP contribution < -0.4 is 15.8 Å². The van der Waals surface area contributed by atoms with E-state index in [9.17, 15) is 4.79 Å². The van der Waals surface area contributed by atoms with Gasteiger partial charge in [0.25, 0.3) is 0 Å². The van der Waals surface area contributed by atoms with E-state index in [1.54, 1.807) is 6.07 Å². The molecule has 0 radical (unpaired) electrons. The Labute approximate surface area is 124 Å². The Bertz CT molecular complexity index is 414. The number of nitrogens with two attached hydrogens (primary N) is 1. The number of ether oxygens (including phenoxy) is 4. The van der Waals surface area contributed by atoms with Gasteiger partial charge in [0.15, 0.2) is 0 Å². The SMILES string of the molecule is CNC(=O)OCCOCCOCCOc1ccccc1N. The number of hydrogen-bond acceptors (Lipinski definition) is 6. The topological polar surface area (TPSA) is 92.0 Å². The molecule has 118 valence electrons. The predicted molar refractivity (Wildman–Crippen MR) is 78.4 cm³/mol. The molecule has 0 heterocycles. The van der Waals surface area contributed by atoms with Crippen LogP contribution in [0.25, 0.3) is 0 Å². The highest BCUT2D eigenvalue weighted by atomic mass is 16.6. The summed E-state index contributed by atoms with van der Waals surface area (Å²) in [4.78, 5) is 10.7. The highest BCUT2D eigenvalue weighted by Crippen LogP contribution is 2.19. The van der Waals surface area contributed by atoms with Crippen molar-refractivity contribution in [3.8, 4) is 5.75 Å². The molecular formula is C14H22N2O5. The molecule has 0 aromatic heterocycles. The number of anilines is 1. The van der Waals surface area contributed by atoms with Crippen molar-refractivity contribution < 1.29 is 23.7 Å². The highest BCUT2D eigenvalue weighted by Gasteiger charge is 1.98. The van der Waals surface area contributed by atoms with Crippen molar-refractivity contribution in [2.24, 2.45) is 0 Å². The highest BCUT2D eigenvalue weighted by molar-refractivity contribution is 5.66. The number of para-hydroxylation sites is 2. The molecule has 0 aliphatic heterocycles. The molecule has 7 nitrogen and oxygen atoms in total. The van der Waals surface area contributed by atoms with Crippen molar-refractivity contribution in [3.63, 3.8) is 0 Å². The van der Waals surface area contributed by atoms with Crippen molar-refractivity contribution in [2.45, 2.75) is 0 Å². The maximum atomic E-state index is 10.7. The number of amides is 1. The Morgan fingerprint density at radius 2 is 1.67 bits per heavy atom. The second-order valence-electron chi connectivity index (χ2n) is 4.00. The van der Waals surface area contributed by atoms with Crippen LogP contribution in [-0.4, -0.2) is 52.8 Å². The molecule has 7 heteroatoms. The van der Waals surface area contributed by atoms with E-state index in [4.69, 9.17) is 24.7 Å². The van der Waals surface area contributed by atoms with Gasteiger partial charge in [0.1, 0.15) is 19.0 Å². The Hall–Kier alpha value is -1.99. The Morgan fingerprint density at radius 3 is 2.33 bits per heavy atom. The average molecular weight is 298 g/mol. The molecule has 21 heavy (non-hydrogen) atoms. The van der Waals surface area contributed by atoms with Crippen molar-refractivity contribution in [1.82, 2.24) is 5.32 Å². The first-order chi connectivity index (χ1) is 10.2. The van der Waals surface area contributed by atoms with Gasteiger partial charge in [0.05, 0.1) is 32.1 Å². The normalized spacial score (nSPS) is 10.1. The van der Waals surface area contributed by atoms with Crippen molar-refractivity contribution in [3.05, 3.63) is 24.3 Å². The van der Waals surface area contributed by atoms with E-state index in [2.05, 4.69) is 5.32 Å². The summed E-state index contributed by atoms with van der Waals surface area (Å²) in [6, 6.07) is 7.31. The number of benzene rings is 1. The maximum Gasteiger partial charge on any atom is 0.406 e. The van der Waals surface area contributed by atoms with Crippen molar-refractivity contribution in [1.29, 1.82) is 0 Å². The van der Waals surface area contributed by atoms with Crippen LogP contribution in [0.4, 0.5) is 10.5 Å². The molecule has 0 unspecified atom stereocenters. The quantitative estimate of drug-likeness (QED) is 0.495. The molecule has 1 rings (SSSR count). The molecule has 0 aliphatic carbocycles. The Kier molecular flexibility index (Phi) is 8.74. The third kappa shape index (κ3) is 8.01. The molecule has 0 spiro atoms. The van der Waals surface area contributed by atoms with Gasteiger partial charge in [-0.3, -0.25) is 0 Å². The number of hydrogen-bond donors (Lipinski definition) is 2. The van der Waals surface area contributed by atoms with E-state index in [1.165, 1.54) is 7.05 Å². The molecule has 1 aromatic carbocycles. The summed E-state index contributed by atoms with van der Waals surface area (Å²) >= 11 is 0. The zero-order valence-electron chi connectivity index (χ0n) is 12.2. The first kappa shape index (κ1) is 17.1. The molecule has 1 amide bonds. The fourth-order valence-corrected chi connectivity index (χ4v) is 1.41. The van der Waals surface area contributed by atoms with Gasteiger partial charge in [-0.05, 0) is 12.1 Å². The summed E-state index contributed by atoms with van der Waals surface area (Å²) in [6.07, 6.45) is -0.466. The molecule has 0 aliphatic rings. The van der Waals surface area contributed by atoms with Gasteiger partial charge in [-0.15, -0.1) is 0 Å². The standard InChI is InChI=1S/C14H22N2O5/c1-16-14(17)21-11-9-19-7-6-18-8-10-20-13-5-3-2-4-12(13)15/h2-5H,6-11,15H2,1H3,(H,16,17). The van der Waals surface area contributed by atoms with E-state index in [1.807, 2.05) is 18.2 Å². The van der Waals surface area contributed by atoms with E-state index in [0.29, 0.717) is 44.5 Å². The molecule has 0 fully saturated rings. The first-order valence-corrected chi connectivity index (χ1v) is 6.71. The third-order valence-electron chi connectivity index (χ3n) is 2.44. The molecule has 1 aromatic rings. The molecule has 0 bridgehead atoms. The Morgan fingerprint density at radius 1 is 1.05 bits per heavy atom. The zero-order valence-corrected chi connectivity index (χ0v) is 12.2.